The maximum atomic E-state index is 13.8. The second-order valence-electron chi connectivity index (χ2n) is 5.91. The van der Waals surface area contributed by atoms with Gasteiger partial charge in [-0.1, -0.05) is 36.4 Å². The second kappa shape index (κ2) is 7.55. The maximum Gasteiger partial charge on any atom is 0.257 e. The van der Waals surface area contributed by atoms with Gasteiger partial charge in [0.05, 0.1) is 6.26 Å². The molecule has 1 amide bonds. The van der Waals surface area contributed by atoms with E-state index in [1.807, 2.05) is 24.3 Å². The summed E-state index contributed by atoms with van der Waals surface area (Å²) in [6.45, 7) is 0. The number of nitrogens with zero attached hydrogens (tertiary/aromatic N) is 1. The molecule has 2 aromatic carbocycles. The van der Waals surface area contributed by atoms with Crippen molar-refractivity contribution in [2.45, 2.75) is 6.42 Å². The largest absolute Gasteiger partial charge is 0.464 e. The number of para-hydroxylation sites is 1. The van der Waals surface area contributed by atoms with Crippen LogP contribution in [0.25, 0.3) is 6.08 Å². The van der Waals surface area contributed by atoms with E-state index in [1.54, 1.807) is 36.5 Å². The molecule has 0 saturated carbocycles. The van der Waals surface area contributed by atoms with Gasteiger partial charge in [0.15, 0.2) is 5.13 Å². The van der Waals surface area contributed by atoms with Crippen LogP contribution >= 0.6 is 11.3 Å². The van der Waals surface area contributed by atoms with Gasteiger partial charge in [-0.3, -0.25) is 10.1 Å². The molecule has 0 unspecified atom stereocenters. The first-order valence-electron chi connectivity index (χ1n) is 8.32. The monoisotopic (exact) mass is 378 g/mol. The second-order valence-corrected chi connectivity index (χ2v) is 7.03. The third-order valence-corrected chi connectivity index (χ3v) is 4.94. The number of halogens is 1. The van der Waals surface area contributed by atoms with Crippen LogP contribution in [0, 0.1) is 5.82 Å². The number of anilines is 1. The van der Waals surface area contributed by atoms with Crippen molar-refractivity contribution in [2.75, 3.05) is 5.32 Å². The number of carbonyl (C=O) groups excluding carboxylic acids is 1. The van der Waals surface area contributed by atoms with Gasteiger partial charge < -0.3 is 4.74 Å². The third-order valence-electron chi connectivity index (χ3n) is 4.03. The van der Waals surface area contributed by atoms with E-state index in [1.165, 1.54) is 23.7 Å². The topological polar surface area (TPSA) is 51.2 Å². The Bertz CT molecular complexity index is 1060. The van der Waals surface area contributed by atoms with E-state index in [2.05, 4.69) is 10.3 Å². The van der Waals surface area contributed by atoms with E-state index in [-0.39, 0.29) is 11.7 Å². The van der Waals surface area contributed by atoms with Crippen molar-refractivity contribution in [1.82, 2.24) is 4.98 Å². The lowest BCUT2D eigenvalue weighted by Gasteiger charge is -2.03. The van der Waals surface area contributed by atoms with Crippen LogP contribution in [0.2, 0.25) is 0 Å². The Morgan fingerprint density at radius 2 is 1.96 bits per heavy atom. The molecule has 1 aliphatic rings. The predicted molar refractivity (Wildman–Crippen MR) is 104 cm³/mol. The molecule has 1 N–H and O–H groups in total. The molecule has 1 aromatic heterocycles. The van der Waals surface area contributed by atoms with Crippen molar-refractivity contribution in [3.8, 4) is 5.75 Å². The first-order valence-corrected chi connectivity index (χ1v) is 9.14. The molecule has 4 nitrogen and oxygen atoms in total. The Labute approximate surface area is 159 Å². The summed E-state index contributed by atoms with van der Waals surface area (Å²) in [5.74, 6) is 0.167. The van der Waals surface area contributed by atoms with E-state index in [9.17, 15) is 9.18 Å². The maximum absolute atomic E-state index is 13.8. The van der Waals surface area contributed by atoms with Gasteiger partial charge in [-0.15, -0.1) is 11.3 Å². The molecule has 0 spiro atoms. The van der Waals surface area contributed by atoms with Gasteiger partial charge in [0.2, 0.25) is 0 Å². The molecule has 0 fully saturated rings. The number of amides is 1. The summed E-state index contributed by atoms with van der Waals surface area (Å²) in [5, 5.41) is 3.26. The number of hydrogen-bond acceptors (Lipinski definition) is 4. The Morgan fingerprint density at radius 1 is 1.15 bits per heavy atom. The van der Waals surface area contributed by atoms with Crippen LogP contribution in [0.1, 0.15) is 16.0 Å². The summed E-state index contributed by atoms with van der Waals surface area (Å²) >= 11 is 1.33. The first-order chi connectivity index (χ1) is 13.2. The lowest BCUT2D eigenvalue weighted by molar-refractivity contribution is -0.112. The molecule has 0 radical (unpaired) electrons. The Morgan fingerprint density at radius 3 is 2.85 bits per heavy atom. The lowest BCUT2D eigenvalue weighted by Crippen LogP contribution is -2.12. The van der Waals surface area contributed by atoms with Crippen molar-refractivity contribution >= 4 is 28.5 Å². The zero-order valence-corrected chi connectivity index (χ0v) is 15.0. The SMILES string of the molecule is O=C(Nc1ncc(Cc2ccccc2F)s1)C1=Cc2ccccc2OC=C1. The van der Waals surface area contributed by atoms with Crippen LogP contribution in [0.3, 0.4) is 0 Å². The molecular formula is C21H15FN2O2S. The fourth-order valence-electron chi connectivity index (χ4n) is 2.69. The van der Waals surface area contributed by atoms with E-state index in [0.29, 0.717) is 28.4 Å². The number of nitrogens with one attached hydrogen (secondary N) is 1. The van der Waals surface area contributed by atoms with Crippen LogP contribution in [0.5, 0.6) is 5.75 Å². The zero-order valence-electron chi connectivity index (χ0n) is 14.2. The number of rotatable bonds is 4. The van der Waals surface area contributed by atoms with Crippen molar-refractivity contribution in [2.24, 2.45) is 0 Å². The standard InChI is InChI=1S/C21H15FN2O2S/c22-18-7-3-1-5-14(18)12-17-13-23-21(27-17)24-20(25)16-9-10-26-19-8-4-2-6-15(19)11-16/h1-11,13H,12H2,(H,23,24,25). The molecule has 134 valence electrons. The number of ether oxygens (including phenoxy) is 1. The van der Waals surface area contributed by atoms with Gasteiger partial charge >= 0.3 is 0 Å². The van der Waals surface area contributed by atoms with Gasteiger partial charge in [0, 0.05) is 28.6 Å². The average Bonchev–Trinajstić information content (AvgIpc) is 2.98. The van der Waals surface area contributed by atoms with Gasteiger partial charge in [-0.2, -0.15) is 0 Å². The Kier molecular flexibility index (Phi) is 4.80. The van der Waals surface area contributed by atoms with Crippen LogP contribution in [-0.2, 0) is 11.2 Å². The fourth-order valence-corrected chi connectivity index (χ4v) is 3.52. The highest BCUT2D eigenvalue weighted by Gasteiger charge is 2.14. The minimum absolute atomic E-state index is 0.246. The van der Waals surface area contributed by atoms with Gasteiger partial charge in [0.25, 0.3) is 5.91 Å². The fraction of sp³-hybridized carbons (Fsp3) is 0.0476. The Balaban J connectivity index is 1.48. The molecule has 27 heavy (non-hydrogen) atoms. The molecule has 2 heterocycles. The predicted octanol–water partition coefficient (Wildman–Crippen LogP) is 4.80. The number of fused-ring (bicyclic) bond motifs is 1. The van der Waals surface area contributed by atoms with Crippen LogP contribution in [0.15, 0.2) is 72.6 Å². The zero-order chi connectivity index (χ0) is 18.6. The van der Waals surface area contributed by atoms with E-state index >= 15 is 0 Å². The number of aromatic nitrogens is 1. The lowest BCUT2D eigenvalue weighted by atomic mass is 10.1. The number of carbonyl (C=O) groups is 1. The summed E-state index contributed by atoms with van der Waals surface area (Å²) in [6, 6.07) is 14.1. The smallest absolute Gasteiger partial charge is 0.257 e. The average molecular weight is 378 g/mol. The summed E-state index contributed by atoms with van der Waals surface area (Å²) < 4.78 is 19.3. The van der Waals surface area contributed by atoms with Crippen molar-refractivity contribution in [3.63, 3.8) is 0 Å². The van der Waals surface area contributed by atoms with Crippen molar-refractivity contribution in [1.29, 1.82) is 0 Å². The molecule has 3 aromatic rings. The molecule has 4 rings (SSSR count). The number of thiazole rings is 1. The highest BCUT2D eigenvalue weighted by molar-refractivity contribution is 7.15. The van der Waals surface area contributed by atoms with Gasteiger partial charge in [-0.05, 0) is 29.8 Å². The summed E-state index contributed by atoms with van der Waals surface area (Å²) in [5.41, 5.74) is 1.89. The summed E-state index contributed by atoms with van der Waals surface area (Å²) in [4.78, 5) is 17.7. The summed E-state index contributed by atoms with van der Waals surface area (Å²) in [7, 11) is 0. The highest BCUT2D eigenvalue weighted by atomic mass is 32.1. The first kappa shape index (κ1) is 17.2. The Hall–Kier alpha value is -3.25. The van der Waals surface area contributed by atoms with Crippen LogP contribution in [-0.4, -0.2) is 10.9 Å². The highest BCUT2D eigenvalue weighted by Crippen LogP contribution is 2.26. The van der Waals surface area contributed by atoms with Gasteiger partial charge in [0.1, 0.15) is 11.6 Å². The van der Waals surface area contributed by atoms with Crippen molar-refractivity contribution in [3.05, 3.63) is 94.5 Å². The third kappa shape index (κ3) is 3.96. The molecule has 0 saturated heterocycles. The molecule has 6 heteroatoms. The minimum Gasteiger partial charge on any atom is -0.464 e. The normalized spacial score (nSPS) is 12.6. The quantitative estimate of drug-likeness (QED) is 0.709. The molecule has 1 aliphatic heterocycles. The van der Waals surface area contributed by atoms with E-state index in [0.717, 1.165) is 10.4 Å². The molecule has 0 bridgehead atoms. The molecule has 0 aliphatic carbocycles. The van der Waals surface area contributed by atoms with Gasteiger partial charge in [-0.25, -0.2) is 9.37 Å². The molecular weight excluding hydrogens is 363 g/mol. The van der Waals surface area contributed by atoms with Crippen LogP contribution in [0.4, 0.5) is 9.52 Å². The van der Waals surface area contributed by atoms with Crippen molar-refractivity contribution < 1.29 is 13.9 Å². The molecule has 0 atom stereocenters. The number of benzene rings is 2. The van der Waals surface area contributed by atoms with Crippen LogP contribution < -0.4 is 10.1 Å². The van der Waals surface area contributed by atoms with E-state index < -0.39 is 0 Å². The summed E-state index contributed by atoms with van der Waals surface area (Å²) in [6.07, 6.45) is 6.96. The number of hydrogen-bond donors (Lipinski definition) is 1. The minimum atomic E-state index is -0.279. The van der Waals surface area contributed by atoms with E-state index in [4.69, 9.17) is 4.74 Å².